The maximum Gasteiger partial charge on any atom is -0.0470 e. The number of hydrogen-bond donors (Lipinski definition) is 0. The van der Waals surface area contributed by atoms with Gasteiger partial charge in [-0.25, -0.2) is 0 Å². The summed E-state index contributed by atoms with van der Waals surface area (Å²) in [5, 5.41) is 0. The third kappa shape index (κ3) is 625. The summed E-state index contributed by atoms with van der Waals surface area (Å²) in [6.45, 7) is 19.1. The largest absolute Gasteiger partial charge is 0.0919 e. The molecule has 0 saturated heterocycles. The van der Waals surface area contributed by atoms with Gasteiger partial charge >= 0.3 is 0 Å². The average molecular weight is 216 g/mol. The fourth-order valence-electron chi connectivity index (χ4n) is 0. The molecule has 0 aromatic carbocycles. The fraction of sp³-hybridized carbons (Fsp3) is 0.867. The molecule has 0 fully saturated rings. The molecule has 0 amide bonds. The van der Waals surface area contributed by atoms with Gasteiger partial charge in [0.2, 0.25) is 0 Å². The van der Waals surface area contributed by atoms with Gasteiger partial charge in [0.1, 0.15) is 0 Å². The van der Waals surface area contributed by atoms with Gasteiger partial charge in [-0.15, -0.1) is 0 Å². The van der Waals surface area contributed by atoms with Gasteiger partial charge in [-0.2, -0.15) is 0 Å². The summed E-state index contributed by atoms with van der Waals surface area (Å²) in [5.74, 6) is 0.833. The van der Waals surface area contributed by atoms with E-state index < -0.39 is 0 Å². The standard InChI is InChI=1S/2C4H10.C4H8.C3H8/c1-4(2)3;2*1-3-4-2;1-3-2/h4H,1-3H3;3-4H2,1-2H3;3-4H,1-2H3;3H2,1-2H3/b;;4-3-;. The molecule has 0 atom stereocenters. The second kappa shape index (κ2) is 37.2. The van der Waals surface area contributed by atoms with Gasteiger partial charge in [0.15, 0.2) is 0 Å². The molecule has 0 spiro atoms. The van der Waals surface area contributed by atoms with E-state index >= 15 is 0 Å². The lowest BCUT2D eigenvalue weighted by Crippen LogP contribution is -1.66. The van der Waals surface area contributed by atoms with Gasteiger partial charge < -0.3 is 0 Å². The van der Waals surface area contributed by atoms with Crippen LogP contribution >= 0.6 is 0 Å². The molecule has 0 saturated carbocycles. The van der Waals surface area contributed by atoms with Crippen molar-refractivity contribution < 1.29 is 0 Å². The normalized spacial score (nSPS) is 8.13. The van der Waals surface area contributed by atoms with Crippen LogP contribution in [0, 0.1) is 5.92 Å². The Kier molecular flexibility index (Phi) is 59.9. The lowest BCUT2D eigenvalue weighted by atomic mass is 10.3. The molecule has 0 heteroatoms. The van der Waals surface area contributed by atoms with Crippen molar-refractivity contribution in [2.24, 2.45) is 5.92 Å². The predicted octanol–water partition coefficient (Wildman–Crippen LogP) is 6.47. The molecule has 0 aliphatic heterocycles. The van der Waals surface area contributed by atoms with Crippen molar-refractivity contribution in [1.29, 1.82) is 0 Å². The Morgan fingerprint density at radius 2 is 0.867 bits per heavy atom. The lowest BCUT2D eigenvalue weighted by molar-refractivity contribution is 0.737. The summed E-state index contributed by atoms with van der Waals surface area (Å²) < 4.78 is 0. The minimum absolute atomic E-state index is 0.833. The average Bonchev–Trinajstić information content (AvgIpc) is 2.18. The van der Waals surface area contributed by atoms with Crippen molar-refractivity contribution >= 4 is 0 Å². The van der Waals surface area contributed by atoms with Gasteiger partial charge in [0.05, 0.1) is 0 Å². The maximum atomic E-state index is 2.18. The van der Waals surface area contributed by atoms with Crippen LogP contribution in [0.4, 0.5) is 0 Å². The zero-order chi connectivity index (χ0) is 13.1. The Balaban J connectivity index is -0.0000000542. The summed E-state index contributed by atoms with van der Waals surface area (Å²) in [5.41, 5.74) is 0. The molecule has 0 unspecified atom stereocenters. The topological polar surface area (TPSA) is 0 Å². The Labute approximate surface area is 100 Å². The summed E-state index contributed by atoms with van der Waals surface area (Å²) in [6.07, 6.45) is 7.89. The first-order valence-electron chi connectivity index (χ1n) is 6.55. The zero-order valence-electron chi connectivity index (χ0n) is 12.9. The van der Waals surface area contributed by atoms with E-state index in [1.807, 2.05) is 26.0 Å². The summed E-state index contributed by atoms with van der Waals surface area (Å²) >= 11 is 0. The van der Waals surface area contributed by atoms with E-state index in [2.05, 4.69) is 48.5 Å². The van der Waals surface area contributed by atoms with E-state index in [0.29, 0.717) is 0 Å². The SMILES string of the molecule is C/C=C\C.CC(C)C.CCC.CCCC. The number of unbranched alkanes of at least 4 members (excludes halogenated alkanes) is 1. The highest BCUT2D eigenvalue weighted by atomic mass is 13.7. The Morgan fingerprint density at radius 1 is 0.733 bits per heavy atom. The van der Waals surface area contributed by atoms with Crippen LogP contribution in [0.5, 0.6) is 0 Å². The molecule has 0 N–H and O–H groups in total. The molecule has 0 radical (unpaired) electrons. The van der Waals surface area contributed by atoms with Gasteiger partial charge in [-0.3, -0.25) is 0 Å². The molecule has 0 aromatic rings. The number of allylic oxidation sites excluding steroid dienone is 2. The van der Waals surface area contributed by atoms with Gasteiger partial charge in [-0.05, 0) is 19.8 Å². The van der Waals surface area contributed by atoms with Crippen molar-refractivity contribution in [1.82, 2.24) is 0 Å². The molecule has 0 bridgehead atoms. The first kappa shape index (κ1) is 24.1. The second-order valence-corrected chi connectivity index (χ2v) is 4.11. The van der Waals surface area contributed by atoms with Gasteiger partial charge in [0.25, 0.3) is 0 Å². The van der Waals surface area contributed by atoms with Crippen molar-refractivity contribution in [2.45, 2.75) is 81.6 Å². The summed E-state index contributed by atoms with van der Waals surface area (Å²) in [4.78, 5) is 0. The van der Waals surface area contributed by atoms with E-state index in [9.17, 15) is 0 Å². The third-order valence-electron chi connectivity index (χ3n) is 0.833. The second-order valence-electron chi connectivity index (χ2n) is 4.11. The van der Waals surface area contributed by atoms with Crippen LogP contribution in [-0.2, 0) is 0 Å². The molecular formula is C15H36. The van der Waals surface area contributed by atoms with Crippen LogP contribution in [0.3, 0.4) is 0 Å². The van der Waals surface area contributed by atoms with E-state index in [1.54, 1.807) is 0 Å². The van der Waals surface area contributed by atoms with Crippen molar-refractivity contribution in [2.75, 3.05) is 0 Å². The molecular weight excluding hydrogens is 180 g/mol. The molecule has 0 aromatic heterocycles. The first-order chi connectivity index (χ1) is 6.97. The van der Waals surface area contributed by atoms with Crippen molar-refractivity contribution in [3.05, 3.63) is 12.2 Å². The minimum atomic E-state index is 0.833. The van der Waals surface area contributed by atoms with Crippen LogP contribution in [0.2, 0.25) is 0 Å². The number of hydrogen-bond acceptors (Lipinski definition) is 0. The molecule has 15 heavy (non-hydrogen) atoms. The lowest BCUT2D eigenvalue weighted by Gasteiger charge is -1.79. The van der Waals surface area contributed by atoms with Crippen LogP contribution in [0.15, 0.2) is 12.2 Å². The molecule has 96 valence electrons. The monoisotopic (exact) mass is 216 g/mol. The highest BCUT2D eigenvalue weighted by Gasteiger charge is 1.68. The van der Waals surface area contributed by atoms with Crippen LogP contribution < -0.4 is 0 Å². The third-order valence-corrected chi connectivity index (χ3v) is 0.833. The molecule has 0 aliphatic rings. The molecule has 0 rings (SSSR count). The van der Waals surface area contributed by atoms with Crippen molar-refractivity contribution in [3.63, 3.8) is 0 Å². The Bertz CT molecular complexity index is 61.4. The highest BCUT2D eigenvalue weighted by molar-refractivity contribution is 4.68. The van der Waals surface area contributed by atoms with Crippen LogP contribution in [0.1, 0.15) is 81.6 Å². The Morgan fingerprint density at radius 3 is 0.867 bits per heavy atom. The highest BCUT2D eigenvalue weighted by Crippen LogP contribution is 1.81. The van der Waals surface area contributed by atoms with E-state index in [1.165, 1.54) is 19.3 Å². The summed E-state index contributed by atoms with van der Waals surface area (Å²) in [7, 11) is 0. The molecule has 0 nitrogen and oxygen atoms in total. The van der Waals surface area contributed by atoms with E-state index in [-0.39, 0.29) is 0 Å². The first-order valence-corrected chi connectivity index (χ1v) is 6.55. The summed E-state index contributed by atoms with van der Waals surface area (Å²) in [6, 6.07) is 0. The maximum absolute atomic E-state index is 2.18. The van der Waals surface area contributed by atoms with Crippen molar-refractivity contribution in [3.8, 4) is 0 Å². The van der Waals surface area contributed by atoms with Crippen LogP contribution in [-0.4, -0.2) is 0 Å². The van der Waals surface area contributed by atoms with E-state index in [0.717, 1.165) is 5.92 Å². The quantitative estimate of drug-likeness (QED) is 0.441. The molecule has 0 aliphatic carbocycles. The smallest absolute Gasteiger partial charge is 0.0470 e. The van der Waals surface area contributed by atoms with Crippen LogP contribution in [0.25, 0.3) is 0 Å². The number of rotatable bonds is 1. The van der Waals surface area contributed by atoms with Gasteiger partial charge in [0, 0.05) is 0 Å². The Hall–Kier alpha value is -0.260. The van der Waals surface area contributed by atoms with E-state index in [4.69, 9.17) is 0 Å². The zero-order valence-corrected chi connectivity index (χ0v) is 12.9. The predicted molar refractivity (Wildman–Crippen MR) is 77.5 cm³/mol. The van der Waals surface area contributed by atoms with Gasteiger partial charge in [-0.1, -0.05) is 79.9 Å². The fourth-order valence-corrected chi connectivity index (χ4v) is 0. The molecule has 0 heterocycles. The minimum Gasteiger partial charge on any atom is -0.0919 e.